The van der Waals surface area contributed by atoms with Crippen LogP contribution in [0, 0.1) is 5.82 Å². The van der Waals surface area contributed by atoms with Gasteiger partial charge in [0, 0.05) is 18.8 Å². The first-order valence-electron chi connectivity index (χ1n) is 10.5. The van der Waals surface area contributed by atoms with Crippen molar-refractivity contribution in [1.29, 1.82) is 0 Å². The van der Waals surface area contributed by atoms with Gasteiger partial charge in [0.25, 0.3) is 5.91 Å². The molecule has 1 amide bonds. The van der Waals surface area contributed by atoms with Crippen LogP contribution in [0.15, 0.2) is 59.8 Å². The number of piperidine rings is 1. The highest BCUT2D eigenvalue weighted by Gasteiger charge is 2.21. The van der Waals surface area contributed by atoms with Crippen LogP contribution in [-0.2, 0) is 14.3 Å². The van der Waals surface area contributed by atoms with Crippen LogP contribution in [0.25, 0.3) is 17.1 Å². The van der Waals surface area contributed by atoms with Crippen molar-refractivity contribution in [2.45, 2.75) is 24.4 Å². The maximum atomic E-state index is 14.4. The first-order valence-corrected chi connectivity index (χ1v) is 11.4. The third kappa shape index (κ3) is 5.16. The van der Waals surface area contributed by atoms with E-state index >= 15 is 0 Å². The molecule has 4 rings (SSSR count). The molecule has 1 saturated heterocycles. The van der Waals surface area contributed by atoms with Gasteiger partial charge in [-0.2, -0.15) is 0 Å². The molecule has 0 N–H and O–H groups in total. The number of rotatable bonds is 7. The Morgan fingerprint density at radius 1 is 0.969 bits per heavy atom. The molecule has 32 heavy (non-hydrogen) atoms. The Morgan fingerprint density at radius 3 is 2.44 bits per heavy atom. The van der Waals surface area contributed by atoms with Crippen molar-refractivity contribution in [1.82, 2.24) is 19.7 Å². The molecule has 0 saturated carbocycles. The zero-order valence-electron chi connectivity index (χ0n) is 17.4. The number of nitrogens with zero attached hydrogens (tertiary/aromatic N) is 4. The van der Waals surface area contributed by atoms with Gasteiger partial charge in [-0.3, -0.25) is 14.2 Å². The monoisotopic (exact) mass is 454 g/mol. The SMILES string of the molecule is O=C(CSc1nnc(-c2ccccc2F)n1-c1ccccc1)OCC(=O)N1CCCCC1. The number of amides is 1. The van der Waals surface area contributed by atoms with Gasteiger partial charge in [0.15, 0.2) is 17.6 Å². The van der Waals surface area contributed by atoms with Crippen LogP contribution in [0.3, 0.4) is 0 Å². The summed E-state index contributed by atoms with van der Waals surface area (Å²) in [5, 5.41) is 8.78. The zero-order chi connectivity index (χ0) is 22.3. The van der Waals surface area contributed by atoms with E-state index in [9.17, 15) is 14.0 Å². The van der Waals surface area contributed by atoms with Crippen LogP contribution in [-0.4, -0.2) is 57.0 Å². The summed E-state index contributed by atoms with van der Waals surface area (Å²) < 4.78 is 21.3. The van der Waals surface area contributed by atoms with Gasteiger partial charge >= 0.3 is 5.97 Å². The average Bonchev–Trinajstić information content (AvgIpc) is 3.26. The van der Waals surface area contributed by atoms with Gasteiger partial charge in [-0.15, -0.1) is 10.2 Å². The number of aromatic nitrogens is 3. The molecule has 2 aromatic carbocycles. The van der Waals surface area contributed by atoms with Crippen LogP contribution < -0.4 is 0 Å². The number of benzene rings is 2. The Labute approximate surface area is 189 Å². The molecule has 3 aromatic rings. The lowest BCUT2D eigenvalue weighted by atomic mass is 10.1. The summed E-state index contributed by atoms with van der Waals surface area (Å²) in [5.41, 5.74) is 1.05. The van der Waals surface area contributed by atoms with Gasteiger partial charge in [-0.25, -0.2) is 4.39 Å². The number of carbonyl (C=O) groups is 2. The van der Waals surface area contributed by atoms with Gasteiger partial charge in [0.1, 0.15) is 5.82 Å². The second-order valence-electron chi connectivity index (χ2n) is 7.35. The molecule has 0 bridgehead atoms. The fraction of sp³-hybridized carbons (Fsp3) is 0.304. The molecule has 1 fully saturated rings. The fourth-order valence-electron chi connectivity index (χ4n) is 3.53. The first-order chi connectivity index (χ1) is 15.6. The topological polar surface area (TPSA) is 77.3 Å². The third-order valence-electron chi connectivity index (χ3n) is 5.15. The molecule has 166 valence electrons. The Bertz CT molecular complexity index is 1080. The van der Waals surface area contributed by atoms with Crippen LogP contribution in [0.5, 0.6) is 0 Å². The predicted molar refractivity (Wildman–Crippen MR) is 119 cm³/mol. The van der Waals surface area contributed by atoms with E-state index in [4.69, 9.17) is 4.74 Å². The van der Waals surface area contributed by atoms with Crippen molar-refractivity contribution < 1.29 is 18.7 Å². The zero-order valence-corrected chi connectivity index (χ0v) is 18.3. The summed E-state index contributed by atoms with van der Waals surface area (Å²) >= 11 is 1.13. The standard InChI is InChI=1S/C23H23FN4O3S/c24-19-12-6-5-11-18(19)22-25-26-23(28(22)17-9-3-1-4-10-17)32-16-21(30)31-15-20(29)27-13-7-2-8-14-27/h1,3-6,9-12H,2,7-8,13-16H2. The maximum Gasteiger partial charge on any atom is 0.316 e. The summed E-state index contributed by atoms with van der Waals surface area (Å²) in [6.45, 7) is 1.17. The van der Waals surface area contributed by atoms with Crippen molar-refractivity contribution in [3.63, 3.8) is 0 Å². The van der Waals surface area contributed by atoms with E-state index in [-0.39, 0.29) is 18.3 Å². The molecule has 1 aromatic heterocycles. The maximum absolute atomic E-state index is 14.4. The summed E-state index contributed by atoms with van der Waals surface area (Å²) in [5.74, 6) is -0.808. The highest BCUT2D eigenvalue weighted by molar-refractivity contribution is 7.99. The number of ether oxygens (including phenoxy) is 1. The predicted octanol–water partition coefficient (Wildman–Crippen LogP) is 3.72. The lowest BCUT2D eigenvalue weighted by molar-refractivity contribution is -0.150. The normalized spacial score (nSPS) is 13.7. The Hall–Kier alpha value is -3.20. The largest absolute Gasteiger partial charge is 0.455 e. The summed E-state index contributed by atoms with van der Waals surface area (Å²) in [4.78, 5) is 26.2. The van der Waals surface area contributed by atoms with Gasteiger partial charge in [-0.1, -0.05) is 42.1 Å². The fourth-order valence-corrected chi connectivity index (χ4v) is 4.28. The molecular formula is C23H23FN4O3S. The Balaban J connectivity index is 1.46. The number of carbonyl (C=O) groups excluding carboxylic acids is 2. The van der Waals surface area contributed by atoms with Crippen molar-refractivity contribution >= 4 is 23.6 Å². The summed E-state index contributed by atoms with van der Waals surface area (Å²) in [7, 11) is 0. The molecule has 0 unspecified atom stereocenters. The minimum atomic E-state index is -0.518. The highest BCUT2D eigenvalue weighted by Crippen LogP contribution is 2.29. The molecule has 9 heteroatoms. The number of hydrogen-bond acceptors (Lipinski definition) is 6. The molecule has 1 aliphatic heterocycles. The van der Waals surface area contributed by atoms with Crippen molar-refractivity contribution in [2.24, 2.45) is 0 Å². The van der Waals surface area contributed by atoms with E-state index in [1.54, 1.807) is 27.7 Å². The second-order valence-corrected chi connectivity index (χ2v) is 8.29. The molecular weight excluding hydrogens is 431 g/mol. The van der Waals surface area contributed by atoms with Gasteiger partial charge < -0.3 is 9.64 Å². The van der Waals surface area contributed by atoms with Gasteiger partial charge in [0.05, 0.1) is 11.3 Å². The lowest BCUT2D eigenvalue weighted by Gasteiger charge is -2.26. The average molecular weight is 455 g/mol. The van der Waals surface area contributed by atoms with E-state index < -0.39 is 11.8 Å². The van der Waals surface area contributed by atoms with Gasteiger partial charge in [0.2, 0.25) is 0 Å². The van der Waals surface area contributed by atoms with E-state index in [1.165, 1.54) is 6.07 Å². The van der Waals surface area contributed by atoms with Crippen molar-refractivity contribution in [3.05, 3.63) is 60.4 Å². The molecule has 0 aliphatic carbocycles. The van der Waals surface area contributed by atoms with E-state index in [0.717, 1.165) is 36.7 Å². The van der Waals surface area contributed by atoms with Gasteiger partial charge in [-0.05, 0) is 43.5 Å². The Morgan fingerprint density at radius 2 is 1.69 bits per heavy atom. The molecule has 0 atom stereocenters. The number of esters is 1. The van der Waals surface area contributed by atoms with Crippen LogP contribution >= 0.6 is 11.8 Å². The minimum Gasteiger partial charge on any atom is -0.455 e. The number of thioether (sulfide) groups is 1. The Kier molecular flexibility index (Phi) is 7.16. The number of para-hydroxylation sites is 1. The molecule has 2 heterocycles. The van der Waals surface area contributed by atoms with Crippen LogP contribution in [0.4, 0.5) is 4.39 Å². The quantitative estimate of drug-likeness (QED) is 0.400. The van der Waals surface area contributed by atoms with Crippen LogP contribution in [0.1, 0.15) is 19.3 Å². The summed E-state index contributed by atoms with van der Waals surface area (Å²) in [6.07, 6.45) is 3.08. The van der Waals surface area contributed by atoms with E-state index in [1.807, 2.05) is 30.3 Å². The van der Waals surface area contributed by atoms with E-state index in [2.05, 4.69) is 10.2 Å². The third-order valence-corrected chi connectivity index (χ3v) is 6.05. The van der Waals surface area contributed by atoms with Crippen molar-refractivity contribution in [3.8, 4) is 17.1 Å². The molecule has 0 radical (unpaired) electrons. The number of halogens is 1. The minimum absolute atomic E-state index is 0.0461. The molecule has 0 spiro atoms. The number of hydrogen-bond donors (Lipinski definition) is 0. The lowest BCUT2D eigenvalue weighted by Crippen LogP contribution is -2.38. The van der Waals surface area contributed by atoms with Crippen LogP contribution in [0.2, 0.25) is 0 Å². The first kappa shape index (κ1) is 22.0. The van der Waals surface area contributed by atoms with E-state index in [0.29, 0.717) is 29.6 Å². The summed E-state index contributed by atoms with van der Waals surface area (Å²) in [6, 6.07) is 15.6. The number of likely N-dealkylation sites (tertiary alicyclic amines) is 1. The highest BCUT2D eigenvalue weighted by atomic mass is 32.2. The smallest absolute Gasteiger partial charge is 0.316 e. The second kappa shape index (κ2) is 10.4. The molecule has 1 aliphatic rings. The molecule has 7 nitrogen and oxygen atoms in total. The van der Waals surface area contributed by atoms with Crippen molar-refractivity contribution in [2.75, 3.05) is 25.4 Å².